The molecule has 118 valence electrons. The molecule has 2 rings (SSSR count). The molecule has 2 heterocycles. The fraction of sp³-hybridized carbons (Fsp3) is 0.706. The number of nitrogens with zero attached hydrogens (tertiary/aromatic N) is 2. The number of ether oxygens (including phenoxy) is 1. The van der Waals surface area contributed by atoms with E-state index in [9.17, 15) is 5.11 Å². The second-order valence-corrected chi connectivity index (χ2v) is 6.48. The van der Waals surface area contributed by atoms with E-state index >= 15 is 0 Å². The van der Waals surface area contributed by atoms with Gasteiger partial charge in [0.2, 0.25) is 0 Å². The van der Waals surface area contributed by atoms with Crippen LogP contribution in [0.5, 0.6) is 5.75 Å². The second-order valence-electron chi connectivity index (χ2n) is 6.48. The molecule has 0 spiro atoms. The molecule has 4 heteroatoms. The van der Waals surface area contributed by atoms with Crippen LogP contribution in [-0.2, 0) is 5.60 Å². The summed E-state index contributed by atoms with van der Waals surface area (Å²) in [7, 11) is 0. The molecule has 1 aliphatic rings. The van der Waals surface area contributed by atoms with E-state index in [0.717, 1.165) is 50.2 Å². The van der Waals surface area contributed by atoms with Crippen LogP contribution in [0.1, 0.15) is 45.6 Å². The van der Waals surface area contributed by atoms with Crippen LogP contribution in [0.15, 0.2) is 18.5 Å². The monoisotopic (exact) mass is 292 g/mol. The first-order valence-corrected chi connectivity index (χ1v) is 8.06. The molecule has 4 nitrogen and oxygen atoms in total. The minimum absolute atomic E-state index is 0.670. The van der Waals surface area contributed by atoms with Crippen LogP contribution >= 0.6 is 0 Å². The van der Waals surface area contributed by atoms with Gasteiger partial charge in [0.25, 0.3) is 0 Å². The zero-order valence-corrected chi connectivity index (χ0v) is 13.5. The number of hydrogen-bond acceptors (Lipinski definition) is 4. The highest BCUT2D eigenvalue weighted by Crippen LogP contribution is 2.34. The molecule has 0 unspecified atom stereocenters. The lowest BCUT2D eigenvalue weighted by Crippen LogP contribution is -2.43. The van der Waals surface area contributed by atoms with Crippen LogP contribution < -0.4 is 4.74 Å². The van der Waals surface area contributed by atoms with Crippen molar-refractivity contribution in [1.29, 1.82) is 0 Å². The van der Waals surface area contributed by atoms with E-state index in [-0.39, 0.29) is 0 Å². The lowest BCUT2D eigenvalue weighted by atomic mass is 9.85. The molecule has 0 radical (unpaired) electrons. The number of pyridine rings is 1. The first kappa shape index (κ1) is 16.2. The molecular weight excluding hydrogens is 264 g/mol. The lowest BCUT2D eigenvalue weighted by molar-refractivity contribution is -0.0283. The first-order chi connectivity index (χ1) is 10.0. The highest BCUT2D eigenvalue weighted by atomic mass is 16.5. The van der Waals surface area contributed by atoms with E-state index in [1.54, 1.807) is 12.4 Å². The molecule has 21 heavy (non-hydrogen) atoms. The van der Waals surface area contributed by atoms with Crippen LogP contribution in [0.3, 0.4) is 0 Å². The highest BCUT2D eigenvalue weighted by Gasteiger charge is 2.34. The van der Waals surface area contributed by atoms with E-state index < -0.39 is 5.60 Å². The largest absolute Gasteiger partial charge is 0.492 e. The average Bonchev–Trinajstić information content (AvgIpc) is 2.47. The minimum Gasteiger partial charge on any atom is -0.492 e. The Kier molecular flexibility index (Phi) is 5.59. The SMILES string of the molecule is CCCOc1cncc(C2(O)CCN(CC(C)C)CC2)c1. The third-order valence-electron chi connectivity index (χ3n) is 4.03. The van der Waals surface area contributed by atoms with Crippen molar-refractivity contribution in [3.8, 4) is 5.75 Å². The molecule has 1 aliphatic heterocycles. The van der Waals surface area contributed by atoms with Gasteiger partial charge in [-0.05, 0) is 31.2 Å². The third-order valence-corrected chi connectivity index (χ3v) is 4.03. The molecule has 0 amide bonds. The maximum Gasteiger partial charge on any atom is 0.137 e. The van der Waals surface area contributed by atoms with Crippen molar-refractivity contribution in [2.75, 3.05) is 26.2 Å². The number of aromatic nitrogens is 1. The van der Waals surface area contributed by atoms with Gasteiger partial charge < -0.3 is 14.7 Å². The van der Waals surface area contributed by atoms with Crippen LogP contribution in [0, 0.1) is 5.92 Å². The molecule has 0 aliphatic carbocycles. The summed E-state index contributed by atoms with van der Waals surface area (Å²) in [6.07, 6.45) is 5.99. The summed E-state index contributed by atoms with van der Waals surface area (Å²) in [5.74, 6) is 1.43. The summed E-state index contributed by atoms with van der Waals surface area (Å²) >= 11 is 0. The molecule has 1 aromatic heterocycles. The van der Waals surface area contributed by atoms with Crippen molar-refractivity contribution in [1.82, 2.24) is 9.88 Å². The molecule has 1 aromatic rings. The topological polar surface area (TPSA) is 45.6 Å². The van der Waals surface area contributed by atoms with E-state index in [1.165, 1.54) is 0 Å². The van der Waals surface area contributed by atoms with Gasteiger partial charge >= 0.3 is 0 Å². The van der Waals surface area contributed by atoms with Gasteiger partial charge in [0.05, 0.1) is 18.4 Å². The number of piperidine rings is 1. The Hall–Kier alpha value is -1.13. The van der Waals surface area contributed by atoms with Crippen molar-refractivity contribution >= 4 is 0 Å². The molecule has 0 bridgehead atoms. The number of hydrogen-bond donors (Lipinski definition) is 1. The molecular formula is C17H28N2O2. The summed E-state index contributed by atoms with van der Waals surface area (Å²) in [4.78, 5) is 6.66. The molecule has 0 aromatic carbocycles. The van der Waals surface area contributed by atoms with Crippen LogP contribution in [0.25, 0.3) is 0 Å². The predicted molar refractivity (Wildman–Crippen MR) is 84.4 cm³/mol. The summed E-state index contributed by atoms with van der Waals surface area (Å²) < 4.78 is 5.62. The van der Waals surface area contributed by atoms with Gasteiger partial charge in [-0.25, -0.2) is 0 Å². The first-order valence-electron chi connectivity index (χ1n) is 8.06. The van der Waals surface area contributed by atoms with Crippen LogP contribution in [0.4, 0.5) is 0 Å². The Bertz CT molecular complexity index is 440. The van der Waals surface area contributed by atoms with Gasteiger partial charge in [-0.3, -0.25) is 4.98 Å². The Balaban J connectivity index is 2.01. The summed E-state index contributed by atoms with van der Waals surface area (Å²) in [6.45, 7) is 10.2. The molecule has 0 saturated carbocycles. The fourth-order valence-corrected chi connectivity index (χ4v) is 2.88. The van der Waals surface area contributed by atoms with Crippen molar-refractivity contribution < 1.29 is 9.84 Å². The van der Waals surface area contributed by atoms with Crippen molar-refractivity contribution in [2.24, 2.45) is 5.92 Å². The van der Waals surface area contributed by atoms with Crippen molar-refractivity contribution in [3.63, 3.8) is 0 Å². The van der Waals surface area contributed by atoms with Crippen LogP contribution in [-0.4, -0.2) is 41.2 Å². The maximum atomic E-state index is 10.9. The van der Waals surface area contributed by atoms with Gasteiger partial charge in [-0.2, -0.15) is 0 Å². The van der Waals surface area contributed by atoms with Gasteiger partial charge in [0.15, 0.2) is 0 Å². The fourth-order valence-electron chi connectivity index (χ4n) is 2.88. The molecule has 1 N–H and O–H groups in total. The highest BCUT2D eigenvalue weighted by molar-refractivity contribution is 5.28. The van der Waals surface area contributed by atoms with E-state index in [0.29, 0.717) is 12.5 Å². The lowest BCUT2D eigenvalue weighted by Gasteiger charge is -2.39. The van der Waals surface area contributed by atoms with Gasteiger partial charge in [-0.15, -0.1) is 0 Å². The standard InChI is InChI=1S/C17H28N2O2/c1-4-9-21-16-10-15(11-18-12-16)17(20)5-7-19(8-6-17)13-14(2)3/h10-12,14,20H,4-9,13H2,1-3H3. The van der Waals surface area contributed by atoms with E-state index in [1.807, 2.05) is 6.07 Å². The molecule has 1 saturated heterocycles. The maximum absolute atomic E-state index is 10.9. The van der Waals surface area contributed by atoms with E-state index in [4.69, 9.17) is 4.74 Å². The zero-order chi connectivity index (χ0) is 15.3. The number of likely N-dealkylation sites (tertiary alicyclic amines) is 1. The molecule has 0 atom stereocenters. The third kappa shape index (κ3) is 4.42. The Morgan fingerprint density at radius 2 is 2.05 bits per heavy atom. The van der Waals surface area contributed by atoms with Crippen molar-refractivity contribution in [2.45, 2.75) is 45.6 Å². The normalized spacial score (nSPS) is 18.9. The summed E-state index contributed by atoms with van der Waals surface area (Å²) in [6, 6.07) is 1.95. The number of rotatable bonds is 6. The summed E-state index contributed by atoms with van der Waals surface area (Å²) in [5, 5.41) is 10.9. The van der Waals surface area contributed by atoms with E-state index in [2.05, 4.69) is 30.7 Å². The zero-order valence-electron chi connectivity index (χ0n) is 13.5. The quantitative estimate of drug-likeness (QED) is 0.876. The Morgan fingerprint density at radius 3 is 2.67 bits per heavy atom. The average molecular weight is 292 g/mol. The van der Waals surface area contributed by atoms with Crippen molar-refractivity contribution in [3.05, 3.63) is 24.0 Å². The predicted octanol–water partition coefficient (Wildman–Crippen LogP) is 2.81. The molecule has 1 fully saturated rings. The Morgan fingerprint density at radius 1 is 1.33 bits per heavy atom. The van der Waals surface area contributed by atoms with Gasteiger partial charge in [0, 0.05) is 31.4 Å². The smallest absolute Gasteiger partial charge is 0.137 e. The number of aliphatic hydroxyl groups is 1. The van der Waals surface area contributed by atoms with Gasteiger partial charge in [0.1, 0.15) is 5.75 Å². The van der Waals surface area contributed by atoms with Crippen LogP contribution in [0.2, 0.25) is 0 Å². The van der Waals surface area contributed by atoms with Gasteiger partial charge in [-0.1, -0.05) is 20.8 Å². The second kappa shape index (κ2) is 7.23. The Labute approximate surface area is 128 Å². The summed E-state index contributed by atoms with van der Waals surface area (Å²) in [5.41, 5.74) is 0.131. The minimum atomic E-state index is -0.758.